The van der Waals surface area contributed by atoms with Gasteiger partial charge in [-0.3, -0.25) is 4.79 Å². The lowest BCUT2D eigenvalue weighted by molar-refractivity contribution is 0.0980. The number of hydrogen-bond donors (Lipinski definition) is 1. The molecule has 5 heteroatoms. The van der Waals surface area contributed by atoms with Crippen molar-refractivity contribution in [3.8, 4) is 0 Å². The van der Waals surface area contributed by atoms with Crippen molar-refractivity contribution < 1.29 is 9.53 Å². The summed E-state index contributed by atoms with van der Waals surface area (Å²) in [4.78, 5) is 17.5. The Balaban J connectivity index is 1.49. The summed E-state index contributed by atoms with van der Waals surface area (Å²) in [5.74, 6) is 0.00676. The topological polar surface area (TPSA) is 44.8 Å². The molecule has 4 rings (SSSR count). The lowest BCUT2D eigenvalue weighted by atomic mass is 10.1. The first-order valence-corrected chi connectivity index (χ1v) is 10.8. The van der Waals surface area contributed by atoms with Crippen molar-refractivity contribution in [3.05, 3.63) is 84.4 Å². The van der Waals surface area contributed by atoms with Crippen LogP contribution < -0.4 is 15.1 Å². The van der Waals surface area contributed by atoms with E-state index in [1.165, 1.54) is 0 Å². The van der Waals surface area contributed by atoms with Crippen LogP contribution in [0.5, 0.6) is 0 Å². The van der Waals surface area contributed by atoms with Crippen molar-refractivity contribution in [1.29, 1.82) is 0 Å². The Labute approximate surface area is 184 Å². The number of morpholine rings is 1. The van der Waals surface area contributed by atoms with Gasteiger partial charge in [-0.05, 0) is 74.5 Å². The monoisotopic (exact) mass is 415 g/mol. The third kappa shape index (κ3) is 5.06. The maximum absolute atomic E-state index is 13.3. The van der Waals surface area contributed by atoms with E-state index in [1.807, 2.05) is 97.6 Å². The summed E-state index contributed by atoms with van der Waals surface area (Å²) in [6.07, 6.45) is 0. The second kappa shape index (κ2) is 9.67. The third-order valence-electron chi connectivity index (χ3n) is 5.43. The summed E-state index contributed by atoms with van der Waals surface area (Å²) in [5, 5.41) is 3.38. The maximum atomic E-state index is 13.3. The van der Waals surface area contributed by atoms with Crippen LogP contribution in [-0.2, 0) is 4.74 Å². The molecule has 0 atom stereocenters. The zero-order chi connectivity index (χ0) is 21.6. The highest BCUT2D eigenvalue weighted by Crippen LogP contribution is 2.25. The number of rotatable bonds is 6. The van der Waals surface area contributed by atoms with Crippen LogP contribution in [0.25, 0.3) is 0 Å². The van der Waals surface area contributed by atoms with Crippen LogP contribution in [-0.4, -0.2) is 38.3 Å². The van der Waals surface area contributed by atoms with Crippen molar-refractivity contribution in [2.45, 2.75) is 19.9 Å². The fourth-order valence-corrected chi connectivity index (χ4v) is 3.82. The largest absolute Gasteiger partial charge is 0.378 e. The number of carbonyl (C=O) groups is 1. The van der Waals surface area contributed by atoms with Gasteiger partial charge in [0.05, 0.1) is 13.2 Å². The average molecular weight is 416 g/mol. The number of nitrogens with one attached hydrogen (secondary N) is 1. The number of anilines is 4. The van der Waals surface area contributed by atoms with Gasteiger partial charge in [0.1, 0.15) is 0 Å². The molecule has 1 saturated heterocycles. The lowest BCUT2D eigenvalue weighted by Crippen LogP contribution is -2.37. The molecule has 0 saturated carbocycles. The molecule has 31 heavy (non-hydrogen) atoms. The molecule has 1 amide bonds. The van der Waals surface area contributed by atoms with E-state index in [0.717, 1.165) is 49.1 Å². The van der Waals surface area contributed by atoms with Crippen LogP contribution >= 0.6 is 0 Å². The zero-order valence-electron chi connectivity index (χ0n) is 18.1. The van der Waals surface area contributed by atoms with Gasteiger partial charge in [0.15, 0.2) is 0 Å². The normalized spacial score (nSPS) is 13.8. The highest BCUT2D eigenvalue weighted by molar-refractivity contribution is 6.06. The highest BCUT2D eigenvalue weighted by atomic mass is 16.5. The van der Waals surface area contributed by atoms with E-state index in [2.05, 4.69) is 10.2 Å². The van der Waals surface area contributed by atoms with Crippen LogP contribution in [0.15, 0.2) is 78.9 Å². The van der Waals surface area contributed by atoms with Crippen molar-refractivity contribution >= 4 is 28.7 Å². The molecule has 160 valence electrons. The Hall–Kier alpha value is -3.31. The molecular formula is C26H29N3O2. The van der Waals surface area contributed by atoms with Gasteiger partial charge in [-0.2, -0.15) is 0 Å². The Morgan fingerprint density at radius 2 is 1.48 bits per heavy atom. The molecule has 1 fully saturated rings. The van der Waals surface area contributed by atoms with Gasteiger partial charge >= 0.3 is 0 Å². The Bertz CT molecular complexity index is 979. The molecule has 0 aliphatic carbocycles. The summed E-state index contributed by atoms with van der Waals surface area (Å²) in [6, 6.07) is 26.0. The van der Waals surface area contributed by atoms with Gasteiger partial charge in [0.25, 0.3) is 5.91 Å². The Kier molecular flexibility index (Phi) is 6.53. The summed E-state index contributed by atoms with van der Waals surface area (Å²) in [6.45, 7) is 7.34. The Morgan fingerprint density at radius 3 is 2.10 bits per heavy atom. The predicted molar refractivity (Wildman–Crippen MR) is 128 cm³/mol. The number of nitrogens with zero attached hydrogens (tertiary/aromatic N) is 2. The van der Waals surface area contributed by atoms with E-state index in [1.54, 1.807) is 0 Å². The van der Waals surface area contributed by atoms with E-state index < -0.39 is 0 Å². The van der Waals surface area contributed by atoms with Crippen molar-refractivity contribution in [1.82, 2.24) is 0 Å². The number of hydrogen-bond acceptors (Lipinski definition) is 4. The van der Waals surface area contributed by atoms with Crippen LogP contribution in [0.3, 0.4) is 0 Å². The zero-order valence-corrected chi connectivity index (χ0v) is 18.1. The van der Waals surface area contributed by atoms with E-state index in [4.69, 9.17) is 4.74 Å². The molecule has 3 aromatic carbocycles. The molecule has 1 heterocycles. The molecule has 5 nitrogen and oxygen atoms in total. The second-order valence-corrected chi connectivity index (χ2v) is 7.95. The van der Waals surface area contributed by atoms with Gasteiger partial charge < -0.3 is 19.9 Å². The molecule has 0 aromatic heterocycles. The molecule has 1 N–H and O–H groups in total. The quantitative estimate of drug-likeness (QED) is 0.592. The van der Waals surface area contributed by atoms with Crippen LogP contribution in [0, 0.1) is 0 Å². The first-order valence-electron chi connectivity index (χ1n) is 10.8. The van der Waals surface area contributed by atoms with Crippen LogP contribution in [0.1, 0.15) is 24.2 Å². The molecule has 1 aliphatic rings. The summed E-state index contributed by atoms with van der Waals surface area (Å²) in [7, 11) is 0. The molecule has 3 aromatic rings. The van der Waals surface area contributed by atoms with Gasteiger partial charge in [-0.1, -0.05) is 18.2 Å². The number of benzene rings is 3. The standard InChI is InChI=1S/C26H29N3O2/c1-20(2)29(25-14-10-23(11-15-25)27-22-6-4-3-5-7-22)26(30)21-8-12-24(13-9-21)28-16-18-31-19-17-28/h3-15,20,27H,16-19H2,1-2H3. The van der Waals surface area contributed by atoms with Gasteiger partial charge in [-0.15, -0.1) is 0 Å². The molecule has 0 unspecified atom stereocenters. The third-order valence-corrected chi connectivity index (χ3v) is 5.43. The van der Waals surface area contributed by atoms with Gasteiger partial charge in [0.2, 0.25) is 0 Å². The highest BCUT2D eigenvalue weighted by Gasteiger charge is 2.21. The first-order chi connectivity index (χ1) is 15.1. The fraction of sp³-hybridized carbons (Fsp3) is 0.269. The minimum Gasteiger partial charge on any atom is -0.378 e. The molecule has 0 spiro atoms. The smallest absolute Gasteiger partial charge is 0.258 e. The number of carbonyl (C=O) groups excluding carboxylic acids is 1. The summed E-state index contributed by atoms with van der Waals surface area (Å²) >= 11 is 0. The SMILES string of the molecule is CC(C)N(C(=O)c1ccc(N2CCOCC2)cc1)c1ccc(Nc2ccccc2)cc1. The van der Waals surface area contributed by atoms with E-state index in [-0.39, 0.29) is 11.9 Å². The van der Waals surface area contributed by atoms with Crippen molar-refractivity contribution in [2.75, 3.05) is 41.4 Å². The van der Waals surface area contributed by atoms with Crippen LogP contribution in [0.2, 0.25) is 0 Å². The second-order valence-electron chi connectivity index (χ2n) is 7.95. The molecule has 0 bridgehead atoms. The van der Waals surface area contributed by atoms with Gasteiger partial charge in [0, 0.05) is 47.4 Å². The average Bonchev–Trinajstić information content (AvgIpc) is 2.81. The predicted octanol–water partition coefficient (Wildman–Crippen LogP) is 5.32. The van der Waals surface area contributed by atoms with Crippen molar-refractivity contribution in [2.24, 2.45) is 0 Å². The van der Waals surface area contributed by atoms with E-state index in [9.17, 15) is 4.79 Å². The lowest BCUT2D eigenvalue weighted by Gasteiger charge is -2.29. The number of amides is 1. The molecular weight excluding hydrogens is 386 g/mol. The maximum Gasteiger partial charge on any atom is 0.258 e. The number of para-hydroxylation sites is 1. The minimum absolute atomic E-state index is 0.00676. The number of ether oxygens (including phenoxy) is 1. The van der Waals surface area contributed by atoms with E-state index >= 15 is 0 Å². The van der Waals surface area contributed by atoms with Crippen LogP contribution in [0.4, 0.5) is 22.7 Å². The summed E-state index contributed by atoms with van der Waals surface area (Å²) in [5.41, 5.74) is 4.73. The summed E-state index contributed by atoms with van der Waals surface area (Å²) < 4.78 is 5.42. The Morgan fingerprint density at radius 1 is 0.871 bits per heavy atom. The van der Waals surface area contributed by atoms with Gasteiger partial charge in [-0.25, -0.2) is 0 Å². The fourth-order valence-electron chi connectivity index (χ4n) is 3.82. The molecule has 1 aliphatic heterocycles. The minimum atomic E-state index is 0.00676. The van der Waals surface area contributed by atoms with Crippen molar-refractivity contribution in [3.63, 3.8) is 0 Å². The van der Waals surface area contributed by atoms with E-state index in [0.29, 0.717) is 5.56 Å². The first kappa shape index (κ1) is 20.9. The molecule has 0 radical (unpaired) electrons.